The molecule has 0 unspecified atom stereocenters. The molecule has 2 aromatic heterocycles. The molecule has 0 radical (unpaired) electrons. The average Bonchev–Trinajstić information content (AvgIpc) is 2.57. The van der Waals surface area contributed by atoms with Crippen LogP contribution < -0.4 is 4.74 Å². The SMILES string of the molecule is FC(F)Oc1cnc2sccc2c1Br. The predicted octanol–water partition coefficient (Wildman–Crippen LogP) is 3.66. The quantitative estimate of drug-likeness (QED) is 0.837. The van der Waals surface area contributed by atoms with Crippen LogP contribution in [-0.4, -0.2) is 11.6 Å². The first kappa shape index (κ1) is 9.79. The van der Waals surface area contributed by atoms with Gasteiger partial charge in [-0.15, -0.1) is 11.3 Å². The zero-order chi connectivity index (χ0) is 10.1. The van der Waals surface area contributed by atoms with Gasteiger partial charge in [-0.1, -0.05) is 0 Å². The number of alkyl halides is 2. The van der Waals surface area contributed by atoms with Crippen LogP contribution in [0.3, 0.4) is 0 Å². The normalized spacial score (nSPS) is 11.1. The van der Waals surface area contributed by atoms with Crippen LogP contribution in [0.25, 0.3) is 10.2 Å². The number of nitrogens with zero attached hydrogens (tertiary/aromatic N) is 1. The Hall–Kier alpha value is -0.750. The fraction of sp³-hybridized carbons (Fsp3) is 0.125. The van der Waals surface area contributed by atoms with E-state index in [1.165, 1.54) is 17.5 Å². The lowest BCUT2D eigenvalue weighted by Crippen LogP contribution is -2.02. The van der Waals surface area contributed by atoms with E-state index in [4.69, 9.17) is 0 Å². The average molecular weight is 280 g/mol. The molecule has 14 heavy (non-hydrogen) atoms. The number of ether oxygens (including phenoxy) is 1. The number of hydrogen-bond acceptors (Lipinski definition) is 3. The third kappa shape index (κ3) is 1.72. The molecule has 2 aromatic rings. The third-order valence-electron chi connectivity index (χ3n) is 1.61. The standard InChI is InChI=1S/C8H4BrF2NOS/c9-6-4-1-2-14-7(4)12-3-5(6)13-8(10)11/h1-3,8H. The Morgan fingerprint density at radius 1 is 1.50 bits per heavy atom. The fourth-order valence-corrected chi connectivity index (χ4v) is 2.44. The molecular formula is C8H4BrF2NOS. The summed E-state index contributed by atoms with van der Waals surface area (Å²) in [6.07, 6.45) is 1.29. The van der Waals surface area contributed by atoms with E-state index in [-0.39, 0.29) is 5.75 Å². The molecule has 0 bridgehead atoms. The molecule has 0 amide bonds. The van der Waals surface area contributed by atoms with Crippen LogP contribution in [0.1, 0.15) is 0 Å². The van der Waals surface area contributed by atoms with Gasteiger partial charge in [0.05, 0.1) is 10.7 Å². The molecule has 2 heterocycles. The Balaban J connectivity index is 2.51. The summed E-state index contributed by atoms with van der Waals surface area (Å²) in [6.45, 7) is -2.83. The van der Waals surface area contributed by atoms with Crippen molar-refractivity contribution in [3.05, 3.63) is 22.1 Å². The first-order valence-electron chi connectivity index (χ1n) is 3.65. The molecule has 0 atom stereocenters. The second kappa shape index (κ2) is 3.78. The van der Waals surface area contributed by atoms with Crippen molar-refractivity contribution in [1.82, 2.24) is 4.98 Å². The maximum Gasteiger partial charge on any atom is 0.387 e. The maximum absolute atomic E-state index is 12.0. The van der Waals surface area contributed by atoms with Crippen LogP contribution in [0.5, 0.6) is 5.75 Å². The molecule has 0 saturated carbocycles. The monoisotopic (exact) mass is 279 g/mol. The summed E-state index contributed by atoms with van der Waals surface area (Å²) in [5.74, 6) is 0.0610. The molecule has 0 saturated heterocycles. The van der Waals surface area contributed by atoms with Gasteiger partial charge in [0, 0.05) is 5.39 Å². The van der Waals surface area contributed by atoms with Gasteiger partial charge in [0.1, 0.15) is 4.83 Å². The van der Waals surface area contributed by atoms with Crippen molar-refractivity contribution >= 4 is 37.5 Å². The second-order valence-corrected chi connectivity index (χ2v) is 4.14. The molecule has 0 fully saturated rings. The van der Waals surface area contributed by atoms with Crippen LogP contribution >= 0.6 is 27.3 Å². The highest BCUT2D eigenvalue weighted by molar-refractivity contribution is 9.10. The van der Waals surface area contributed by atoms with Crippen LogP contribution in [0.2, 0.25) is 0 Å². The van der Waals surface area contributed by atoms with Gasteiger partial charge < -0.3 is 4.74 Å². The summed E-state index contributed by atoms with van der Waals surface area (Å²) in [4.78, 5) is 4.78. The molecule has 2 nitrogen and oxygen atoms in total. The van der Waals surface area contributed by atoms with E-state index in [2.05, 4.69) is 25.7 Å². The van der Waals surface area contributed by atoms with Crippen molar-refractivity contribution in [1.29, 1.82) is 0 Å². The molecule has 2 rings (SSSR count). The van der Waals surface area contributed by atoms with Crippen molar-refractivity contribution in [3.63, 3.8) is 0 Å². The summed E-state index contributed by atoms with van der Waals surface area (Å²) in [5.41, 5.74) is 0. The van der Waals surface area contributed by atoms with Gasteiger partial charge in [-0.25, -0.2) is 4.98 Å². The van der Waals surface area contributed by atoms with Gasteiger partial charge in [0.2, 0.25) is 0 Å². The fourth-order valence-electron chi connectivity index (χ4n) is 1.05. The Kier molecular flexibility index (Phi) is 2.64. The van der Waals surface area contributed by atoms with Gasteiger partial charge in [-0.2, -0.15) is 8.78 Å². The minimum atomic E-state index is -2.83. The zero-order valence-electron chi connectivity index (χ0n) is 6.71. The number of pyridine rings is 1. The minimum absolute atomic E-state index is 0.0610. The highest BCUT2D eigenvalue weighted by Gasteiger charge is 2.12. The van der Waals surface area contributed by atoms with Crippen LogP contribution in [-0.2, 0) is 0 Å². The highest BCUT2D eigenvalue weighted by Crippen LogP contribution is 2.34. The molecule has 0 N–H and O–H groups in total. The maximum atomic E-state index is 12.0. The van der Waals surface area contributed by atoms with Crippen molar-refractivity contribution in [2.45, 2.75) is 6.61 Å². The Bertz CT molecular complexity index is 460. The molecule has 0 aromatic carbocycles. The largest absolute Gasteiger partial charge is 0.432 e. The summed E-state index contributed by atoms with van der Waals surface area (Å²) in [6, 6.07) is 1.80. The van der Waals surface area contributed by atoms with E-state index in [1.54, 1.807) is 6.07 Å². The summed E-state index contributed by atoms with van der Waals surface area (Å²) in [7, 11) is 0. The van der Waals surface area contributed by atoms with Crippen LogP contribution in [0.4, 0.5) is 8.78 Å². The van der Waals surface area contributed by atoms with E-state index in [0.717, 1.165) is 10.2 Å². The molecular weight excluding hydrogens is 276 g/mol. The van der Waals surface area contributed by atoms with Crippen molar-refractivity contribution in [3.8, 4) is 5.75 Å². The third-order valence-corrected chi connectivity index (χ3v) is 3.25. The van der Waals surface area contributed by atoms with Gasteiger partial charge in [0.15, 0.2) is 5.75 Å². The van der Waals surface area contributed by atoms with Crippen molar-refractivity contribution in [2.75, 3.05) is 0 Å². The van der Waals surface area contributed by atoms with Gasteiger partial charge in [-0.05, 0) is 27.4 Å². The minimum Gasteiger partial charge on any atom is -0.432 e. The number of hydrogen-bond donors (Lipinski definition) is 0. The zero-order valence-corrected chi connectivity index (χ0v) is 9.11. The van der Waals surface area contributed by atoms with E-state index >= 15 is 0 Å². The predicted molar refractivity (Wildman–Crippen MR) is 54.0 cm³/mol. The second-order valence-electron chi connectivity index (χ2n) is 2.45. The molecule has 0 aliphatic rings. The van der Waals surface area contributed by atoms with E-state index in [1.807, 2.05) is 5.38 Å². The first-order valence-corrected chi connectivity index (χ1v) is 5.32. The van der Waals surface area contributed by atoms with Crippen molar-refractivity contribution in [2.24, 2.45) is 0 Å². The molecule has 0 spiro atoms. The van der Waals surface area contributed by atoms with Crippen LogP contribution in [0, 0.1) is 0 Å². The first-order chi connectivity index (χ1) is 6.68. The van der Waals surface area contributed by atoms with Gasteiger partial charge in [-0.3, -0.25) is 0 Å². The van der Waals surface area contributed by atoms with E-state index < -0.39 is 6.61 Å². The molecule has 0 aliphatic heterocycles. The Morgan fingerprint density at radius 2 is 2.29 bits per heavy atom. The summed E-state index contributed by atoms with van der Waals surface area (Å²) in [5, 5.41) is 2.63. The number of thiophene rings is 1. The van der Waals surface area contributed by atoms with E-state index in [0.29, 0.717) is 4.47 Å². The topological polar surface area (TPSA) is 22.1 Å². The van der Waals surface area contributed by atoms with Crippen LogP contribution in [0.15, 0.2) is 22.1 Å². The summed E-state index contributed by atoms with van der Waals surface area (Å²) >= 11 is 4.64. The summed E-state index contributed by atoms with van der Waals surface area (Å²) < 4.78 is 28.7. The van der Waals surface area contributed by atoms with Gasteiger partial charge >= 0.3 is 6.61 Å². The Labute approximate surface area is 90.7 Å². The molecule has 0 aliphatic carbocycles. The molecule has 6 heteroatoms. The lowest BCUT2D eigenvalue weighted by molar-refractivity contribution is -0.0504. The lowest BCUT2D eigenvalue weighted by Gasteiger charge is -2.06. The lowest BCUT2D eigenvalue weighted by atomic mass is 10.3. The smallest absolute Gasteiger partial charge is 0.387 e. The highest BCUT2D eigenvalue weighted by atomic mass is 79.9. The van der Waals surface area contributed by atoms with E-state index in [9.17, 15) is 8.78 Å². The number of halogens is 3. The Morgan fingerprint density at radius 3 is 3.00 bits per heavy atom. The van der Waals surface area contributed by atoms with Crippen molar-refractivity contribution < 1.29 is 13.5 Å². The van der Waals surface area contributed by atoms with Gasteiger partial charge in [0.25, 0.3) is 0 Å². The number of rotatable bonds is 2. The number of fused-ring (bicyclic) bond motifs is 1. The number of aromatic nitrogens is 1. The molecule has 74 valence electrons.